The zero-order valence-corrected chi connectivity index (χ0v) is 9.84. The van der Waals surface area contributed by atoms with Crippen molar-refractivity contribution in [2.24, 2.45) is 5.92 Å². The minimum absolute atomic E-state index is 0.378. The SMILES string of the molecule is CCCc1nnsc1C(O)CC(C)C. The van der Waals surface area contributed by atoms with Crippen LogP contribution in [0.25, 0.3) is 0 Å². The van der Waals surface area contributed by atoms with Crippen LogP contribution < -0.4 is 0 Å². The van der Waals surface area contributed by atoms with Gasteiger partial charge in [-0.1, -0.05) is 31.7 Å². The molecule has 0 aromatic carbocycles. The van der Waals surface area contributed by atoms with Crippen LogP contribution in [-0.2, 0) is 6.42 Å². The molecule has 3 nitrogen and oxygen atoms in total. The van der Waals surface area contributed by atoms with Crippen LogP contribution in [-0.4, -0.2) is 14.7 Å². The maximum absolute atomic E-state index is 9.92. The highest BCUT2D eigenvalue weighted by molar-refractivity contribution is 7.05. The minimum atomic E-state index is -0.378. The lowest BCUT2D eigenvalue weighted by Crippen LogP contribution is -2.03. The highest BCUT2D eigenvalue weighted by Crippen LogP contribution is 2.26. The Morgan fingerprint density at radius 1 is 1.43 bits per heavy atom. The number of rotatable bonds is 5. The molecule has 0 amide bonds. The van der Waals surface area contributed by atoms with Crippen LogP contribution in [0.1, 0.15) is 50.3 Å². The number of nitrogens with zero attached hydrogens (tertiary/aromatic N) is 2. The van der Waals surface area contributed by atoms with E-state index in [-0.39, 0.29) is 6.10 Å². The molecule has 4 heteroatoms. The van der Waals surface area contributed by atoms with Crippen LogP contribution in [0.4, 0.5) is 0 Å². The minimum Gasteiger partial charge on any atom is -0.387 e. The summed E-state index contributed by atoms with van der Waals surface area (Å²) in [6.45, 7) is 6.33. The van der Waals surface area contributed by atoms with Crippen molar-refractivity contribution >= 4 is 11.5 Å². The number of aliphatic hydroxyl groups is 1. The van der Waals surface area contributed by atoms with E-state index >= 15 is 0 Å². The fourth-order valence-electron chi connectivity index (χ4n) is 1.43. The summed E-state index contributed by atoms with van der Waals surface area (Å²) in [5, 5.41) is 14.0. The average Bonchev–Trinajstić information content (AvgIpc) is 2.51. The maximum atomic E-state index is 9.92. The Morgan fingerprint density at radius 3 is 2.71 bits per heavy atom. The van der Waals surface area contributed by atoms with E-state index in [1.54, 1.807) is 0 Å². The molecule has 0 aliphatic heterocycles. The summed E-state index contributed by atoms with van der Waals surface area (Å²) in [6.07, 6.45) is 2.38. The summed E-state index contributed by atoms with van der Waals surface area (Å²) >= 11 is 1.33. The molecule has 80 valence electrons. The lowest BCUT2D eigenvalue weighted by molar-refractivity contribution is 0.153. The van der Waals surface area contributed by atoms with E-state index in [2.05, 4.69) is 30.4 Å². The second kappa shape index (κ2) is 5.41. The zero-order valence-electron chi connectivity index (χ0n) is 9.03. The predicted octanol–water partition coefficient (Wildman–Crippen LogP) is 2.57. The molecule has 1 aromatic heterocycles. The summed E-state index contributed by atoms with van der Waals surface area (Å²) in [5.74, 6) is 0.501. The first-order valence-corrected chi connectivity index (χ1v) is 5.91. The van der Waals surface area contributed by atoms with Crippen LogP contribution in [0, 0.1) is 5.92 Å². The molecular weight excluding hydrogens is 196 g/mol. The van der Waals surface area contributed by atoms with Gasteiger partial charge >= 0.3 is 0 Å². The van der Waals surface area contributed by atoms with Crippen LogP contribution in [0.5, 0.6) is 0 Å². The second-order valence-corrected chi connectivity index (χ2v) is 4.76. The third-order valence-electron chi connectivity index (χ3n) is 2.07. The number of hydrogen-bond acceptors (Lipinski definition) is 4. The largest absolute Gasteiger partial charge is 0.387 e. The van der Waals surface area contributed by atoms with E-state index in [4.69, 9.17) is 0 Å². The summed E-state index contributed by atoms with van der Waals surface area (Å²) in [7, 11) is 0. The molecule has 1 atom stereocenters. The third kappa shape index (κ3) is 3.03. The molecule has 1 unspecified atom stereocenters. The molecule has 0 aliphatic rings. The molecule has 0 radical (unpaired) electrons. The van der Waals surface area contributed by atoms with E-state index in [1.165, 1.54) is 11.5 Å². The average molecular weight is 214 g/mol. The van der Waals surface area contributed by atoms with Gasteiger partial charge in [-0.3, -0.25) is 0 Å². The van der Waals surface area contributed by atoms with E-state index in [9.17, 15) is 5.11 Å². The highest BCUT2D eigenvalue weighted by atomic mass is 32.1. The van der Waals surface area contributed by atoms with Crippen molar-refractivity contribution in [3.8, 4) is 0 Å². The fourth-order valence-corrected chi connectivity index (χ4v) is 2.13. The number of aromatic nitrogens is 2. The van der Waals surface area contributed by atoms with Crippen LogP contribution in [0.15, 0.2) is 0 Å². The zero-order chi connectivity index (χ0) is 10.6. The predicted molar refractivity (Wildman–Crippen MR) is 58.3 cm³/mol. The second-order valence-electron chi connectivity index (χ2n) is 3.98. The Labute approximate surface area is 89.3 Å². The van der Waals surface area contributed by atoms with Crippen molar-refractivity contribution < 1.29 is 5.11 Å². The molecule has 0 bridgehead atoms. The smallest absolute Gasteiger partial charge is 0.0919 e. The van der Waals surface area contributed by atoms with Gasteiger partial charge in [0.05, 0.1) is 16.7 Å². The summed E-state index contributed by atoms with van der Waals surface area (Å²) in [6, 6.07) is 0. The van der Waals surface area contributed by atoms with Gasteiger partial charge in [-0.25, -0.2) is 0 Å². The molecule has 1 heterocycles. The van der Waals surface area contributed by atoms with Crippen LogP contribution >= 0.6 is 11.5 Å². The van der Waals surface area contributed by atoms with Gasteiger partial charge in [0.15, 0.2) is 0 Å². The normalized spacial score (nSPS) is 13.5. The van der Waals surface area contributed by atoms with Gasteiger partial charge in [-0.05, 0) is 30.3 Å². The van der Waals surface area contributed by atoms with Crippen LogP contribution in [0.3, 0.4) is 0 Å². The van der Waals surface area contributed by atoms with E-state index in [1.807, 2.05) is 0 Å². The summed E-state index contributed by atoms with van der Waals surface area (Å²) < 4.78 is 3.90. The van der Waals surface area contributed by atoms with Gasteiger partial charge in [0.2, 0.25) is 0 Å². The van der Waals surface area contributed by atoms with Gasteiger partial charge in [-0.2, -0.15) is 0 Å². The summed E-state index contributed by atoms with van der Waals surface area (Å²) in [4.78, 5) is 0.959. The number of aliphatic hydroxyl groups excluding tert-OH is 1. The molecule has 1 rings (SSSR count). The Morgan fingerprint density at radius 2 is 2.14 bits per heavy atom. The molecular formula is C10H18N2OS. The Kier molecular flexibility index (Phi) is 4.48. The quantitative estimate of drug-likeness (QED) is 0.819. The Hall–Kier alpha value is -0.480. The van der Waals surface area contributed by atoms with Gasteiger partial charge in [0, 0.05) is 0 Å². The topological polar surface area (TPSA) is 46.0 Å². The highest BCUT2D eigenvalue weighted by Gasteiger charge is 2.17. The molecule has 1 aromatic rings. The van der Waals surface area contributed by atoms with Crippen molar-refractivity contribution in [2.75, 3.05) is 0 Å². The van der Waals surface area contributed by atoms with Gasteiger partial charge in [0.1, 0.15) is 0 Å². The molecule has 0 aliphatic carbocycles. The first-order chi connectivity index (χ1) is 6.65. The van der Waals surface area contributed by atoms with Crippen molar-refractivity contribution in [1.29, 1.82) is 0 Å². The number of aryl methyl sites for hydroxylation is 1. The van der Waals surface area contributed by atoms with Gasteiger partial charge < -0.3 is 5.11 Å². The van der Waals surface area contributed by atoms with Crippen molar-refractivity contribution in [3.05, 3.63) is 10.6 Å². The van der Waals surface area contributed by atoms with Gasteiger partial charge in [0.25, 0.3) is 0 Å². The molecule has 1 N–H and O–H groups in total. The van der Waals surface area contributed by atoms with E-state index in [0.29, 0.717) is 5.92 Å². The monoisotopic (exact) mass is 214 g/mol. The standard InChI is InChI=1S/C10H18N2OS/c1-4-5-8-10(14-12-11-8)9(13)6-7(2)3/h7,9,13H,4-6H2,1-3H3. The lowest BCUT2D eigenvalue weighted by atomic mass is 10.0. The fraction of sp³-hybridized carbons (Fsp3) is 0.800. The van der Waals surface area contributed by atoms with Crippen molar-refractivity contribution in [2.45, 2.75) is 46.1 Å². The van der Waals surface area contributed by atoms with Gasteiger partial charge in [-0.15, -0.1) is 5.10 Å². The lowest BCUT2D eigenvalue weighted by Gasteiger charge is -2.11. The first kappa shape index (κ1) is 11.6. The first-order valence-electron chi connectivity index (χ1n) is 5.14. The van der Waals surface area contributed by atoms with E-state index in [0.717, 1.165) is 29.8 Å². The van der Waals surface area contributed by atoms with Crippen molar-refractivity contribution in [1.82, 2.24) is 9.59 Å². The molecule has 0 saturated carbocycles. The third-order valence-corrected chi connectivity index (χ3v) is 2.94. The maximum Gasteiger partial charge on any atom is 0.0919 e. The van der Waals surface area contributed by atoms with Crippen molar-refractivity contribution in [3.63, 3.8) is 0 Å². The van der Waals surface area contributed by atoms with E-state index < -0.39 is 0 Å². The Balaban J connectivity index is 2.68. The molecule has 0 fully saturated rings. The van der Waals surface area contributed by atoms with Crippen LogP contribution in [0.2, 0.25) is 0 Å². The molecule has 0 spiro atoms. The summed E-state index contributed by atoms with van der Waals surface area (Å²) in [5.41, 5.74) is 0.977. The molecule has 14 heavy (non-hydrogen) atoms. The Bertz CT molecular complexity index is 273. The molecule has 0 saturated heterocycles. The number of hydrogen-bond donors (Lipinski definition) is 1.